The highest BCUT2D eigenvalue weighted by Gasteiger charge is 2.40. The maximum absolute atomic E-state index is 13.3. The molecule has 0 aromatic heterocycles. The van der Waals surface area contributed by atoms with Gasteiger partial charge in [-0.2, -0.15) is 13.2 Å². The molecule has 1 nitrogen and oxygen atoms in total. The lowest BCUT2D eigenvalue weighted by Gasteiger charge is -2.19. The standard InChI is InChI=1S/C9H6F7N/c1-17(3-10)5-2-4(11)7(12)6(8(5)13)9(14,15)16/h2H,3H2,1H3. The summed E-state index contributed by atoms with van der Waals surface area (Å²) >= 11 is 0. The number of anilines is 1. The molecule has 0 aliphatic carbocycles. The Kier molecular flexibility index (Phi) is 3.53. The second-order valence-electron chi connectivity index (χ2n) is 3.20. The van der Waals surface area contributed by atoms with Gasteiger partial charge >= 0.3 is 6.18 Å². The van der Waals surface area contributed by atoms with Gasteiger partial charge in [-0.25, -0.2) is 17.6 Å². The van der Waals surface area contributed by atoms with Gasteiger partial charge in [0.15, 0.2) is 24.3 Å². The summed E-state index contributed by atoms with van der Waals surface area (Å²) in [7, 11) is 0.899. The molecule has 0 aliphatic rings. The van der Waals surface area contributed by atoms with Crippen molar-refractivity contribution in [1.82, 2.24) is 0 Å². The predicted molar refractivity (Wildman–Crippen MR) is 45.7 cm³/mol. The van der Waals surface area contributed by atoms with Crippen LogP contribution in [0.3, 0.4) is 0 Å². The van der Waals surface area contributed by atoms with Crippen molar-refractivity contribution in [3.63, 3.8) is 0 Å². The number of alkyl halides is 4. The van der Waals surface area contributed by atoms with E-state index < -0.39 is 41.7 Å². The second kappa shape index (κ2) is 4.42. The van der Waals surface area contributed by atoms with Crippen LogP contribution in [0.2, 0.25) is 0 Å². The summed E-state index contributed by atoms with van der Waals surface area (Å²) in [5.74, 6) is -6.28. The van der Waals surface area contributed by atoms with E-state index in [0.717, 1.165) is 7.05 Å². The first-order chi connectivity index (χ1) is 7.70. The monoisotopic (exact) mass is 261 g/mol. The lowest BCUT2D eigenvalue weighted by molar-refractivity contribution is -0.142. The van der Waals surface area contributed by atoms with Gasteiger partial charge in [0.1, 0.15) is 5.56 Å². The van der Waals surface area contributed by atoms with Gasteiger partial charge in [-0.15, -0.1) is 0 Å². The summed E-state index contributed by atoms with van der Waals surface area (Å²) in [5, 5.41) is 0. The number of halogens is 7. The SMILES string of the molecule is CN(CF)c1cc(F)c(F)c(C(F)(F)F)c1F. The molecule has 1 aromatic rings. The Morgan fingerprint density at radius 3 is 2.06 bits per heavy atom. The molecular formula is C9H6F7N. The van der Waals surface area contributed by atoms with Gasteiger partial charge in [-0.3, -0.25) is 0 Å². The number of hydrogen-bond acceptors (Lipinski definition) is 1. The second-order valence-corrected chi connectivity index (χ2v) is 3.20. The molecule has 17 heavy (non-hydrogen) atoms. The molecule has 0 saturated heterocycles. The molecular weight excluding hydrogens is 255 g/mol. The fourth-order valence-corrected chi connectivity index (χ4v) is 1.18. The molecule has 0 atom stereocenters. The van der Waals surface area contributed by atoms with E-state index in [0.29, 0.717) is 4.90 Å². The van der Waals surface area contributed by atoms with Gasteiger partial charge < -0.3 is 4.90 Å². The molecule has 0 amide bonds. The largest absolute Gasteiger partial charge is 0.422 e. The summed E-state index contributed by atoms with van der Waals surface area (Å²) < 4.78 is 88.0. The van der Waals surface area contributed by atoms with Gasteiger partial charge in [0.2, 0.25) is 0 Å². The topological polar surface area (TPSA) is 3.24 Å². The van der Waals surface area contributed by atoms with Crippen molar-refractivity contribution < 1.29 is 30.7 Å². The van der Waals surface area contributed by atoms with E-state index in [1.807, 2.05) is 0 Å². The average Bonchev–Trinajstić information content (AvgIpc) is 2.20. The Morgan fingerprint density at radius 1 is 1.12 bits per heavy atom. The highest BCUT2D eigenvalue weighted by Crippen LogP contribution is 2.38. The van der Waals surface area contributed by atoms with Crippen LogP contribution in [0.25, 0.3) is 0 Å². The Hall–Kier alpha value is -1.47. The van der Waals surface area contributed by atoms with Crippen molar-refractivity contribution in [2.75, 3.05) is 18.7 Å². The molecule has 0 aliphatic heterocycles. The highest BCUT2D eigenvalue weighted by atomic mass is 19.4. The van der Waals surface area contributed by atoms with E-state index in [1.165, 1.54) is 0 Å². The molecule has 0 saturated carbocycles. The fraction of sp³-hybridized carbons (Fsp3) is 0.333. The summed E-state index contributed by atoms with van der Waals surface area (Å²) in [4.78, 5) is 0.382. The van der Waals surface area contributed by atoms with Crippen LogP contribution in [0.5, 0.6) is 0 Å². The minimum Gasteiger partial charge on any atom is -0.345 e. The van der Waals surface area contributed by atoms with Crippen molar-refractivity contribution in [2.45, 2.75) is 6.18 Å². The fourth-order valence-electron chi connectivity index (χ4n) is 1.18. The summed E-state index contributed by atoms with van der Waals surface area (Å²) in [6, 6.07) is 0.166. The van der Waals surface area contributed by atoms with Gasteiger partial charge in [0.25, 0.3) is 0 Å². The maximum atomic E-state index is 13.3. The average molecular weight is 261 g/mol. The first kappa shape index (κ1) is 13.6. The third-order valence-electron chi connectivity index (χ3n) is 2.01. The van der Waals surface area contributed by atoms with Crippen molar-refractivity contribution >= 4 is 5.69 Å². The molecule has 0 spiro atoms. The van der Waals surface area contributed by atoms with Crippen LogP contribution in [-0.2, 0) is 6.18 Å². The van der Waals surface area contributed by atoms with Crippen molar-refractivity contribution in [1.29, 1.82) is 0 Å². The minimum atomic E-state index is -5.40. The summed E-state index contributed by atoms with van der Waals surface area (Å²) in [6.45, 7) is -1.35. The Balaban J connectivity index is 3.54. The zero-order valence-electron chi connectivity index (χ0n) is 8.38. The van der Waals surface area contributed by atoms with Crippen LogP contribution in [0.15, 0.2) is 6.07 Å². The van der Waals surface area contributed by atoms with Crippen LogP contribution < -0.4 is 4.90 Å². The summed E-state index contributed by atoms with van der Waals surface area (Å²) in [5.41, 5.74) is -3.37. The van der Waals surface area contributed by atoms with Crippen LogP contribution in [0, 0.1) is 17.5 Å². The smallest absolute Gasteiger partial charge is 0.345 e. The Bertz CT molecular complexity index is 426. The molecule has 0 fully saturated rings. The van der Waals surface area contributed by atoms with Crippen molar-refractivity contribution in [3.8, 4) is 0 Å². The molecule has 1 aromatic carbocycles. The lowest BCUT2D eigenvalue weighted by Crippen LogP contribution is -2.21. The molecule has 0 radical (unpaired) electrons. The van der Waals surface area contributed by atoms with Gasteiger partial charge in [-0.05, 0) is 0 Å². The van der Waals surface area contributed by atoms with E-state index in [-0.39, 0.29) is 6.07 Å². The van der Waals surface area contributed by atoms with Crippen LogP contribution >= 0.6 is 0 Å². The summed E-state index contributed by atoms with van der Waals surface area (Å²) in [6.07, 6.45) is -5.40. The first-order valence-corrected chi connectivity index (χ1v) is 4.22. The first-order valence-electron chi connectivity index (χ1n) is 4.22. The zero-order chi connectivity index (χ0) is 13.4. The third kappa shape index (κ3) is 2.45. The van der Waals surface area contributed by atoms with Crippen LogP contribution in [0.4, 0.5) is 36.4 Å². The third-order valence-corrected chi connectivity index (χ3v) is 2.01. The predicted octanol–water partition coefficient (Wildman–Crippen LogP) is 3.49. The Labute approximate surface area is 91.4 Å². The van der Waals surface area contributed by atoms with Gasteiger partial charge in [-0.1, -0.05) is 0 Å². The van der Waals surface area contributed by atoms with Crippen molar-refractivity contribution in [2.24, 2.45) is 0 Å². The molecule has 0 bridgehead atoms. The van der Waals surface area contributed by atoms with Crippen LogP contribution in [0.1, 0.15) is 5.56 Å². The molecule has 96 valence electrons. The molecule has 0 unspecified atom stereocenters. The number of nitrogens with zero attached hydrogens (tertiary/aromatic N) is 1. The molecule has 0 N–H and O–H groups in total. The molecule has 1 rings (SSSR count). The quantitative estimate of drug-likeness (QED) is 0.447. The van der Waals surface area contributed by atoms with E-state index >= 15 is 0 Å². The van der Waals surface area contributed by atoms with Gasteiger partial charge in [0.05, 0.1) is 5.69 Å². The number of rotatable bonds is 2. The highest BCUT2D eigenvalue weighted by molar-refractivity contribution is 5.51. The van der Waals surface area contributed by atoms with Crippen LogP contribution in [-0.4, -0.2) is 13.8 Å². The van der Waals surface area contributed by atoms with Crippen molar-refractivity contribution in [3.05, 3.63) is 29.1 Å². The van der Waals surface area contributed by atoms with E-state index in [2.05, 4.69) is 0 Å². The van der Waals surface area contributed by atoms with Gasteiger partial charge in [0, 0.05) is 13.1 Å². The number of hydrogen-bond donors (Lipinski definition) is 0. The van der Waals surface area contributed by atoms with E-state index in [9.17, 15) is 30.7 Å². The normalized spacial score (nSPS) is 11.8. The Morgan fingerprint density at radius 2 is 1.65 bits per heavy atom. The zero-order valence-corrected chi connectivity index (χ0v) is 8.38. The molecule has 0 heterocycles. The van der Waals surface area contributed by atoms with E-state index in [1.54, 1.807) is 0 Å². The maximum Gasteiger partial charge on any atom is 0.422 e. The number of benzene rings is 1. The lowest BCUT2D eigenvalue weighted by atomic mass is 10.1. The van der Waals surface area contributed by atoms with E-state index in [4.69, 9.17) is 0 Å². The molecule has 8 heteroatoms. The minimum absolute atomic E-state index is 0.166.